The highest BCUT2D eigenvalue weighted by molar-refractivity contribution is 6.06. The van der Waals surface area contributed by atoms with E-state index in [-0.39, 0.29) is 17.9 Å². The second kappa shape index (κ2) is 9.18. The molecule has 2 N–H and O–H groups in total. The number of aromatic nitrogens is 2. The summed E-state index contributed by atoms with van der Waals surface area (Å²) in [4.78, 5) is 29.4. The van der Waals surface area contributed by atoms with E-state index in [9.17, 15) is 9.59 Å². The van der Waals surface area contributed by atoms with Crippen LogP contribution in [0.1, 0.15) is 29.0 Å². The number of nitrogens with one attached hydrogen (secondary N) is 2. The smallest absolute Gasteiger partial charge is 0.259 e. The molecular weight excluding hydrogens is 396 g/mol. The largest absolute Gasteiger partial charge is 0.496 e. The van der Waals surface area contributed by atoms with Crippen molar-refractivity contribution in [2.45, 2.75) is 25.4 Å². The number of nitrogens with zero attached hydrogens (tertiary/aromatic N) is 2. The predicted molar refractivity (Wildman–Crippen MR) is 117 cm³/mol. The van der Waals surface area contributed by atoms with Crippen LogP contribution >= 0.6 is 0 Å². The summed E-state index contributed by atoms with van der Waals surface area (Å²) >= 11 is 0. The monoisotopic (exact) mass is 422 g/mol. The molecule has 1 aliphatic heterocycles. The molecule has 31 heavy (non-hydrogen) atoms. The number of ether oxygens (including phenoxy) is 2. The fourth-order valence-corrected chi connectivity index (χ4v) is 3.78. The highest BCUT2D eigenvalue weighted by Crippen LogP contribution is 2.23. The van der Waals surface area contributed by atoms with Gasteiger partial charge in [-0.25, -0.2) is 4.98 Å². The van der Waals surface area contributed by atoms with Crippen LogP contribution in [-0.4, -0.2) is 47.7 Å². The van der Waals surface area contributed by atoms with Crippen molar-refractivity contribution in [2.24, 2.45) is 7.05 Å². The number of aryl methyl sites for hydroxylation is 1. The van der Waals surface area contributed by atoms with Gasteiger partial charge in [0.25, 0.3) is 5.91 Å². The molecule has 1 aliphatic rings. The zero-order valence-corrected chi connectivity index (χ0v) is 17.7. The number of para-hydroxylation sites is 1. The molecule has 4 rings (SSSR count). The van der Waals surface area contributed by atoms with Crippen LogP contribution < -0.4 is 15.4 Å². The van der Waals surface area contributed by atoms with Crippen molar-refractivity contribution in [3.63, 3.8) is 0 Å². The van der Waals surface area contributed by atoms with E-state index in [1.54, 1.807) is 18.2 Å². The van der Waals surface area contributed by atoms with Crippen LogP contribution in [0.3, 0.4) is 0 Å². The summed E-state index contributed by atoms with van der Waals surface area (Å²) in [6.45, 7) is 1.14. The lowest BCUT2D eigenvalue weighted by Crippen LogP contribution is -2.35. The molecule has 3 aromatic rings. The summed E-state index contributed by atoms with van der Waals surface area (Å²) in [7, 11) is 3.48. The van der Waals surface area contributed by atoms with Crippen molar-refractivity contribution in [3.05, 3.63) is 53.9 Å². The maximum atomic E-state index is 12.6. The molecule has 0 radical (unpaired) electrons. The number of fused-ring (bicyclic) bond motifs is 1. The third-order valence-corrected chi connectivity index (χ3v) is 5.45. The van der Waals surface area contributed by atoms with Crippen LogP contribution in [0.25, 0.3) is 11.0 Å². The molecule has 0 bridgehead atoms. The summed E-state index contributed by atoms with van der Waals surface area (Å²) < 4.78 is 12.7. The molecule has 8 heteroatoms. The van der Waals surface area contributed by atoms with E-state index in [1.807, 2.05) is 35.9 Å². The second-order valence-corrected chi connectivity index (χ2v) is 7.49. The van der Waals surface area contributed by atoms with Crippen molar-refractivity contribution >= 4 is 28.5 Å². The number of hydrogen-bond acceptors (Lipinski definition) is 5. The summed E-state index contributed by atoms with van der Waals surface area (Å²) in [5, 5.41) is 5.83. The van der Waals surface area contributed by atoms with Gasteiger partial charge in [-0.3, -0.25) is 9.59 Å². The van der Waals surface area contributed by atoms with Gasteiger partial charge < -0.3 is 24.7 Å². The number of imidazole rings is 1. The van der Waals surface area contributed by atoms with Crippen LogP contribution in [0.5, 0.6) is 5.75 Å². The van der Waals surface area contributed by atoms with E-state index in [1.165, 1.54) is 7.11 Å². The van der Waals surface area contributed by atoms with Gasteiger partial charge in [-0.1, -0.05) is 12.1 Å². The molecule has 0 unspecified atom stereocenters. The van der Waals surface area contributed by atoms with Crippen molar-refractivity contribution in [1.29, 1.82) is 0 Å². The van der Waals surface area contributed by atoms with Gasteiger partial charge in [0.2, 0.25) is 5.91 Å². The molecule has 8 nitrogen and oxygen atoms in total. The zero-order chi connectivity index (χ0) is 21.8. The highest BCUT2D eigenvalue weighted by atomic mass is 16.5. The fourth-order valence-electron chi connectivity index (χ4n) is 3.78. The normalized spacial score (nSPS) is 15.7. The minimum atomic E-state index is -0.324. The molecule has 0 aliphatic carbocycles. The van der Waals surface area contributed by atoms with Gasteiger partial charge in [0, 0.05) is 32.3 Å². The van der Waals surface area contributed by atoms with Gasteiger partial charge in [-0.15, -0.1) is 0 Å². The lowest BCUT2D eigenvalue weighted by Gasteiger charge is -2.10. The zero-order valence-electron chi connectivity index (χ0n) is 17.7. The van der Waals surface area contributed by atoms with Gasteiger partial charge in [-0.2, -0.15) is 0 Å². The molecule has 0 spiro atoms. The lowest BCUT2D eigenvalue weighted by molar-refractivity contribution is -0.130. The number of anilines is 1. The molecule has 1 fully saturated rings. The summed E-state index contributed by atoms with van der Waals surface area (Å²) in [5.74, 6) is 1.07. The standard InChI is InChI=1S/C23H26N4O4/c1-27-18-10-9-15(25-22(28)16-6-3-4-7-19(16)30-2)14-17(18)26-21(27)11-12-24-23(29)20-8-5-13-31-20/h3-4,6-7,9-10,14,20H,5,8,11-13H2,1-2H3,(H,24,29)(H,25,28)/t20-/m1/s1. The molecule has 2 heterocycles. The Labute approximate surface area is 180 Å². The molecule has 162 valence electrons. The molecule has 1 atom stereocenters. The summed E-state index contributed by atoms with van der Waals surface area (Å²) in [5.41, 5.74) is 2.85. The molecule has 2 aromatic carbocycles. The Kier molecular flexibility index (Phi) is 6.18. The number of benzene rings is 2. The third kappa shape index (κ3) is 4.54. The Morgan fingerprint density at radius 3 is 2.87 bits per heavy atom. The van der Waals surface area contributed by atoms with Gasteiger partial charge in [0.05, 0.1) is 23.7 Å². The number of methoxy groups -OCH3 is 1. The first-order valence-corrected chi connectivity index (χ1v) is 10.4. The number of carbonyl (C=O) groups excluding carboxylic acids is 2. The predicted octanol–water partition coefficient (Wildman–Crippen LogP) is 2.67. The quantitative estimate of drug-likeness (QED) is 0.611. The van der Waals surface area contributed by atoms with Crippen LogP contribution in [0, 0.1) is 0 Å². The van der Waals surface area contributed by atoms with E-state index in [0.717, 1.165) is 29.7 Å². The topological polar surface area (TPSA) is 94.5 Å². The van der Waals surface area contributed by atoms with E-state index in [2.05, 4.69) is 15.6 Å². The molecule has 0 saturated carbocycles. The first-order valence-electron chi connectivity index (χ1n) is 10.4. The van der Waals surface area contributed by atoms with Crippen molar-refractivity contribution in [2.75, 3.05) is 25.6 Å². The summed E-state index contributed by atoms with van der Waals surface area (Å²) in [6.07, 6.45) is 1.99. The number of hydrogen-bond donors (Lipinski definition) is 2. The average molecular weight is 422 g/mol. The third-order valence-electron chi connectivity index (χ3n) is 5.45. The van der Waals surface area contributed by atoms with Crippen molar-refractivity contribution < 1.29 is 19.1 Å². The van der Waals surface area contributed by atoms with Gasteiger partial charge in [0.1, 0.15) is 17.7 Å². The fraction of sp³-hybridized carbons (Fsp3) is 0.348. The minimum Gasteiger partial charge on any atom is -0.496 e. The van der Waals surface area contributed by atoms with Gasteiger partial charge in [-0.05, 0) is 43.2 Å². The Balaban J connectivity index is 1.43. The molecular formula is C23H26N4O4. The highest BCUT2D eigenvalue weighted by Gasteiger charge is 2.23. The summed E-state index contributed by atoms with van der Waals surface area (Å²) in [6, 6.07) is 12.7. The number of amides is 2. The maximum absolute atomic E-state index is 12.6. The molecule has 1 saturated heterocycles. The van der Waals surface area contributed by atoms with Crippen LogP contribution in [0.15, 0.2) is 42.5 Å². The lowest BCUT2D eigenvalue weighted by atomic mass is 10.2. The number of rotatable bonds is 7. The van der Waals surface area contributed by atoms with E-state index < -0.39 is 0 Å². The Hall–Kier alpha value is -3.39. The maximum Gasteiger partial charge on any atom is 0.259 e. The van der Waals surface area contributed by atoms with Gasteiger partial charge in [0.15, 0.2) is 0 Å². The molecule has 1 aromatic heterocycles. The van der Waals surface area contributed by atoms with E-state index in [0.29, 0.717) is 36.6 Å². The van der Waals surface area contributed by atoms with Crippen LogP contribution in [-0.2, 0) is 23.0 Å². The van der Waals surface area contributed by atoms with Gasteiger partial charge >= 0.3 is 0 Å². The first kappa shape index (κ1) is 20.9. The van der Waals surface area contributed by atoms with E-state index >= 15 is 0 Å². The average Bonchev–Trinajstić information content (AvgIpc) is 3.42. The minimum absolute atomic E-state index is 0.0578. The van der Waals surface area contributed by atoms with Crippen molar-refractivity contribution in [3.8, 4) is 5.75 Å². The van der Waals surface area contributed by atoms with Crippen LogP contribution in [0.4, 0.5) is 5.69 Å². The molecule has 2 amide bonds. The Bertz CT molecular complexity index is 1100. The first-order chi connectivity index (χ1) is 15.1. The SMILES string of the molecule is COc1ccccc1C(=O)Nc1ccc2c(c1)nc(CCNC(=O)[C@H]1CCCO1)n2C. The number of carbonyl (C=O) groups is 2. The van der Waals surface area contributed by atoms with Crippen LogP contribution in [0.2, 0.25) is 0 Å². The Morgan fingerprint density at radius 1 is 1.26 bits per heavy atom. The second-order valence-electron chi connectivity index (χ2n) is 7.49. The van der Waals surface area contributed by atoms with Crippen molar-refractivity contribution in [1.82, 2.24) is 14.9 Å². The Morgan fingerprint density at radius 2 is 2.10 bits per heavy atom. The van der Waals surface area contributed by atoms with E-state index in [4.69, 9.17) is 9.47 Å².